The lowest BCUT2D eigenvalue weighted by Gasteiger charge is -2.33. The van der Waals surface area contributed by atoms with Gasteiger partial charge in [0, 0.05) is 31.9 Å². The van der Waals surface area contributed by atoms with Crippen molar-refractivity contribution in [2.45, 2.75) is 51.9 Å². The lowest BCUT2D eigenvalue weighted by atomic mass is 10.1. The fraction of sp³-hybridized carbons (Fsp3) is 0.565. The number of ether oxygens (including phenoxy) is 1. The highest BCUT2D eigenvalue weighted by molar-refractivity contribution is 5.90. The van der Waals surface area contributed by atoms with E-state index in [2.05, 4.69) is 27.4 Å². The zero-order valence-electron chi connectivity index (χ0n) is 20.1. The van der Waals surface area contributed by atoms with Gasteiger partial charge in [0.25, 0.3) is 0 Å². The van der Waals surface area contributed by atoms with Crippen molar-refractivity contribution in [3.63, 3.8) is 0 Å². The molecular formula is C23H31F3N8O. The molecule has 0 amide bonds. The van der Waals surface area contributed by atoms with Crippen molar-refractivity contribution in [1.29, 1.82) is 0 Å². The molecule has 0 spiro atoms. The molecule has 3 aromatic rings. The highest BCUT2D eigenvalue weighted by Gasteiger charge is 2.28. The second-order valence-electron chi connectivity index (χ2n) is 8.85. The highest BCUT2D eigenvalue weighted by Crippen LogP contribution is 2.31. The number of aromatic nitrogens is 5. The summed E-state index contributed by atoms with van der Waals surface area (Å²) in [6, 6.07) is 5.84. The van der Waals surface area contributed by atoms with Crippen molar-refractivity contribution in [3.8, 4) is 0 Å². The van der Waals surface area contributed by atoms with Gasteiger partial charge in [-0.3, -0.25) is 4.68 Å². The molecule has 190 valence electrons. The average molecular weight is 493 g/mol. The summed E-state index contributed by atoms with van der Waals surface area (Å²) in [4.78, 5) is 16.2. The molecule has 0 saturated carbocycles. The average Bonchev–Trinajstić information content (AvgIpc) is 3.21. The maximum Gasteiger partial charge on any atom is 0.411 e. The summed E-state index contributed by atoms with van der Waals surface area (Å²) in [6.45, 7) is 7.22. The summed E-state index contributed by atoms with van der Waals surface area (Å²) in [6.07, 6.45) is -1.71. The quantitative estimate of drug-likeness (QED) is 0.435. The Bertz CT molecular complexity index is 1120. The van der Waals surface area contributed by atoms with Crippen LogP contribution in [0.2, 0.25) is 0 Å². The van der Waals surface area contributed by atoms with E-state index in [0.29, 0.717) is 34.7 Å². The lowest BCUT2D eigenvalue weighted by Crippen LogP contribution is -2.51. The van der Waals surface area contributed by atoms with Gasteiger partial charge in [0.15, 0.2) is 5.82 Å². The van der Waals surface area contributed by atoms with E-state index < -0.39 is 12.8 Å². The lowest BCUT2D eigenvalue weighted by molar-refractivity contribution is -0.174. The molecule has 9 nitrogen and oxygen atoms in total. The first-order valence-corrected chi connectivity index (χ1v) is 11.8. The zero-order valence-corrected chi connectivity index (χ0v) is 20.1. The SMILES string of the molecule is CC[C@H]1CN(c2nc(Nc3ccccn3)c3c(n2)c(C(C)C)nn3CCOCC(F)(F)F)CCN1. The minimum absolute atomic E-state index is 0.0479. The van der Waals surface area contributed by atoms with E-state index in [0.717, 1.165) is 31.7 Å². The molecule has 4 rings (SSSR count). The summed E-state index contributed by atoms with van der Waals surface area (Å²) in [7, 11) is 0. The highest BCUT2D eigenvalue weighted by atomic mass is 19.4. The number of hydrogen-bond donors (Lipinski definition) is 2. The van der Waals surface area contributed by atoms with Crippen LogP contribution < -0.4 is 15.5 Å². The van der Waals surface area contributed by atoms with Gasteiger partial charge in [-0.2, -0.15) is 23.3 Å². The van der Waals surface area contributed by atoms with E-state index >= 15 is 0 Å². The Morgan fingerprint density at radius 1 is 1.26 bits per heavy atom. The van der Waals surface area contributed by atoms with Crippen molar-refractivity contribution >= 4 is 28.6 Å². The Morgan fingerprint density at radius 2 is 2.09 bits per heavy atom. The maximum absolute atomic E-state index is 12.5. The predicted octanol–water partition coefficient (Wildman–Crippen LogP) is 3.86. The molecule has 35 heavy (non-hydrogen) atoms. The number of anilines is 3. The van der Waals surface area contributed by atoms with Crippen molar-refractivity contribution in [2.24, 2.45) is 0 Å². The van der Waals surface area contributed by atoms with Gasteiger partial charge < -0.3 is 20.3 Å². The Labute approximate surface area is 202 Å². The van der Waals surface area contributed by atoms with E-state index in [1.54, 1.807) is 10.9 Å². The Kier molecular flexibility index (Phi) is 7.70. The van der Waals surface area contributed by atoms with Gasteiger partial charge in [-0.15, -0.1) is 0 Å². The summed E-state index contributed by atoms with van der Waals surface area (Å²) in [5.74, 6) is 1.74. The molecule has 12 heteroatoms. The Morgan fingerprint density at radius 3 is 2.77 bits per heavy atom. The molecule has 1 aliphatic heterocycles. The zero-order chi connectivity index (χ0) is 25.0. The first-order chi connectivity index (χ1) is 16.7. The van der Waals surface area contributed by atoms with Crippen molar-refractivity contribution in [3.05, 3.63) is 30.1 Å². The van der Waals surface area contributed by atoms with Crippen LogP contribution in [0.1, 0.15) is 38.8 Å². The van der Waals surface area contributed by atoms with E-state index in [-0.39, 0.29) is 19.1 Å². The first kappa shape index (κ1) is 25.1. The van der Waals surface area contributed by atoms with Gasteiger partial charge in [0.05, 0.1) is 18.8 Å². The third-order valence-electron chi connectivity index (χ3n) is 5.80. The van der Waals surface area contributed by atoms with Crippen LogP contribution in [0.25, 0.3) is 11.0 Å². The summed E-state index contributed by atoms with van der Waals surface area (Å²) < 4.78 is 44.1. The van der Waals surface area contributed by atoms with Crippen LogP contribution in [0.3, 0.4) is 0 Å². The number of hydrogen-bond acceptors (Lipinski definition) is 8. The van der Waals surface area contributed by atoms with Gasteiger partial charge in [0.2, 0.25) is 5.95 Å². The third-order valence-corrected chi connectivity index (χ3v) is 5.80. The fourth-order valence-electron chi connectivity index (χ4n) is 4.05. The van der Waals surface area contributed by atoms with Crippen LogP contribution in [0.5, 0.6) is 0 Å². The topological polar surface area (TPSA) is 93.0 Å². The van der Waals surface area contributed by atoms with Gasteiger partial charge in [0.1, 0.15) is 23.5 Å². The number of fused-ring (bicyclic) bond motifs is 1. The second kappa shape index (κ2) is 10.7. The number of nitrogens with zero attached hydrogens (tertiary/aromatic N) is 6. The first-order valence-electron chi connectivity index (χ1n) is 11.8. The van der Waals surface area contributed by atoms with Crippen LogP contribution in [0.4, 0.5) is 30.8 Å². The van der Waals surface area contributed by atoms with E-state index in [1.165, 1.54) is 0 Å². The standard InChI is InChI=1S/C23H31F3N8O/c1-4-16-13-33(10-9-27-16)22-30-19-18(15(2)3)32-34(11-12-35-14-23(24,25)26)20(19)21(31-22)29-17-7-5-6-8-28-17/h5-8,15-16,27H,4,9-14H2,1-3H3,(H,28,29,30,31)/t16-/m0/s1. The minimum atomic E-state index is -4.38. The molecule has 0 radical (unpaired) electrons. The molecule has 0 unspecified atom stereocenters. The predicted molar refractivity (Wildman–Crippen MR) is 128 cm³/mol. The summed E-state index contributed by atoms with van der Waals surface area (Å²) in [5.41, 5.74) is 2.04. The Hall–Kier alpha value is -2.99. The van der Waals surface area contributed by atoms with Crippen molar-refractivity contribution in [1.82, 2.24) is 30.0 Å². The van der Waals surface area contributed by atoms with Gasteiger partial charge in [-0.05, 0) is 24.5 Å². The molecule has 0 aromatic carbocycles. The normalized spacial score (nSPS) is 16.9. The number of halogens is 3. The molecule has 0 aliphatic carbocycles. The molecule has 2 N–H and O–H groups in total. The van der Waals surface area contributed by atoms with Gasteiger partial charge in [-0.1, -0.05) is 26.8 Å². The Balaban J connectivity index is 1.75. The number of nitrogens with one attached hydrogen (secondary N) is 2. The fourth-order valence-corrected chi connectivity index (χ4v) is 4.05. The molecular weight excluding hydrogens is 461 g/mol. The van der Waals surface area contributed by atoms with Crippen LogP contribution >= 0.6 is 0 Å². The van der Waals surface area contributed by atoms with E-state index in [4.69, 9.17) is 19.8 Å². The van der Waals surface area contributed by atoms with E-state index in [1.807, 2.05) is 32.0 Å². The third kappa shape index (κ3) is 6.17. The molecule has 4 heterocycles. The number of alkyl halides is 3. The summed E-state index contributed by atoms with van der Waals surface area (Å²) >= 11 is 0. The van der Waals surface area contributed by atoms with Crippen molar-refractivity contribution in [2.75, 3.05) is 43.1 Å². The molecule has 1 aliphatic rings. The number of pyridine rings is 1. The largest absolute Gasteiger partial charge is 0.411 e. The minimum Gasteiger partial charge on any atom is -0.370 e. The maximum atomic E-state index is 12.5. The number of piperazine rings is 1. The second-order valence-corrected chi connectivity index (χ2v) is 8.85. The van der Waals surface area contributed by atoms with Crippen molar-refractivity contribution < 1.29 is 17.9 Å². The van der Waals surface area contributed by atoms with Gasteiger partial charge in [-0.25, -0.2) is 9.97 Å². The van der Waals surface area contributed by atoms with Crippen LogP contribution in [0, 0.1) is 0 Å². The monoisotopic (exact) mass is 492 g/mol. The summed E-state index contributed by atoms with van der Waals surface area (Å²) in [5, 5.41) is 11.5. The number of rotatable bonds is 9. The van der Waals surface area contributed by atoms with Crippen LogP contribution in [-0.4, -0.2) is 69.8 Å². The molecule has 3 aromatic heterocycles. The molecule has 1 fully saturated rings. The van der Waals surface area contributed by atoms with Gasteiger partial charge >= 0.3 is 6.18 Å². The molecule has 1 saturated heterocycles. The molecule has 1 atom stereocenters. The van der Waals surface area contributed by atoms with E-state index in [9.17, 15) is 13.2 Å². The smallest absolute Gasteiger partial charge is 0.370 e. The molecule has 0 bridgehead atoms. The van der Waals surface area contributed by atoms with Crippen LogP contribution in [0.15, 0.2) is 24.4 Å². The van der Waals surface area contributed by atoms with Crippen LogP contribution in [-0.2, 0) is 11.3 Å².